The zero-order valence-electron chi connectivity index (χ0n) is 15.2. The summed E-state index contributed by atoms with van der Waals surface area (Å²) in [7, 11) is 4.80. The van der Waals surface area contributed by atoms with Gasteiger partial charge in [-0.05, 0) is 29.8 Å². The number of nitrogens with one attached hydrogen (secondary N) is 2. The van der Waals surface area contributed by atoms with E-state index in [0.717, 1.165) is 5.56 Å². The molecule has 25 heavy (non-hydrogen) atoms. The van der Waals surface area contributed by atoms with E-state index < -0.39 is 0 Å². The van der Waals surface area contributed by atoms with Crippen LogP contribution in [0.4, 0.5) is 5.82 Å². The second-order valence-corrected chi connectivity index (χ2v) is 6.19. The van der Waals surface area contributed by atoms with E-state index >= 15 is 0 Å². The molecule has 7 heteroatoms. The lowest BCUT2D eigenvalue weighted by Crippen LogP contribution is -2.28. The molecule has 0 spiro atoms. The molecule has 0 aliphatic carbocycles. The van der Waals surface area contributed by atoms with Gasteiger partial charge in [0.2, 0.25) is 0 Å². The first-order chi connectivity index (χ1) is 11.9. The molecule has 0 fully saturated rings. The predicted molar refractivity (Wildman–Crippen MR) is 96.5 cm³/mol. The summed E-state index contributed by atoms with van der Waals surface area (Å²) in [5, 5.41) is 13.7. The highest BCUT2D eigenvalue weighted by Crippen LogP contribution is 2.33. The van der Waals surface area contributed by atoms with Crippen LogP contribution in [0.2, 0.25) is 0 Å². The molecule has 1 amide bonds. The summed E-state index contributed by atoms with van der Waals surface area (Å²) in [5.74, 6) is 1.75. The third-order valence-corrected chi connectivity index (χ3v) is 4.00. The number of ether oxygens (including phenoxy) is 2. The molecule has 2 aromatic rings. The van der Waals surface area contributed by atoms with E-state index in [1.54, 1.807) is 33.4 Å². The number of aromatic nitrogens is 2. The van der Waals surface area contributed by atoms with Gasteiger partial charge in [-0.3, -0.25) is 4.79 Å². The Morgan fingerprint density at radius 1 is 1.08 bits per heavy atom. The quantitative estimate of drug-likeness (QED) is 0.801. The number of carbonyl (C=O) groups excluding carboxylic acids is 1. The van der Waals surface area contributed by atoms with Gasteiger partial charge in [0.15, 0.2) is 17.2 Å². The molecule has 1 aromatic heterocycles. The van der Waals surface area contributed by atoms with Gasteiger partial charge >= 0.3 is 0 Å². The molecular formula is C18H24N4O3. The minimum absolute atomic E-state index is 0.180. The first kappa shape index (κ1) is 18.5. The molecule has 0 aliphatic heterocycles. The lowest BCUT2D eigenvalue weighted by molar-refractivity contribution is 0.0957. The largest absolute Gasteiger partial charge is 0.493 e. The van der Waals surface area contributed by atoms with Gasteiger partial charge < -0.3 is 20.1 Å². The van der Waals surface area contributed by atoms with Crippen LogP contribution in [0.25, 0.3) is 0 Å². The molecule has 0 saturated heterocycles. The Hall–Kier alpha value is -2.83. The van der Waals surface area contributed by atoms with E-state index in [9.17, 15) is 4.79 Å². The van der Waals surface area contributed by atoms with Crippen LogP contribution < -0.4 is 20.1 Å². The first-order valence-corrected chi connectivity index (χ1v) is 7.93. The van der Waals surface area contributed by atoms with Crippen molar-refractivity contribution in [1.29, 1.82) is 0 Å². The van der Waals surface area contributed by atoms with E-state index in [-0.39, 0.29) is 17.0 Å². The number of amides is 1. The number of benzene rings is 1. The molecule has 7 nitrogen and oxygen atoms in total. The van der Waals surface area contributed by atoms with Crippen LogP contribution in [0.15, 0.2) is 30.3 Å². The number of anilines is 1. The fourth-order valence-electron chi connectivity index (χ4n) is 2.35. The van der Waals surface area contributed by atoms with E-state index in [1.165, 1.54) is 0 Å². The number of carbonyl (C=O) groups is 1. The van der Waals surface area contributed by atoms with Crippen LogP contribution in [-0.2, 0) is 5.41 Å². The minimum atomic E-state index is -0.260. The topological polar surface area (TPSA) is 85.4 Å². The van der Waals surface area contributed by atoms with Crippen molar-refractivity contribution in [2.75, 3.05) is 33.1 Å². The second kappa shape index (κ2) is 7.83. The average molecular weight is 344 g/mol. The zero-order valence-corrected chi connectivity index (χ0v) is 15.2. The molecule has 0 unspecified atom stereocenters. The summed E-state index contributed by atoms with van der Waals surface area (Å²) < 4.78 is 10.7. The molecule has 0 aliphatic rings. The van der Waals surface area contributed by atoms with E-state index in [0.29, 0.717) is 23.9 Å². The van der Waals surface area contributed by atoms with Crippen LogP contribution >= 0.6 is 0 Å². The number of hydrogen-bond donors (Lipinski definition) is 2. The third kappa shape index (κ3) is 4.37. The van der Waals surface area contributed by atoms with Crippen LogP contribution in [-0.4, -0.2) is 43.9 Å². The number of methoxy groups -OCH3 is 2. The molecule has 0 bridgehead atoms. The first-order valence-electron chi connectivity index (χ1n) is 7.93. The lowest BCUT2D eigenvalue weighted by atomic mass is 9.84. The maximum atomic E-state index is 11.5. The standard InChI is InChI=1S/C18H24N4O3/c1-18(2,12-6-8-14(24-4)15(10-12)25-5)11-20-16-9-7-13(21-22-16)17(23)19-3/h6-10H,11H2,1-5H3,(H,19,23)(H,20,22). The fraction of sp³-hybridized carbons (Fsp3) is 0.389. The smallest absolute Gasteiger partial charge is 0.271 e. The van der Waals surface area contributed by atoms with Gasteiger partial charge in [0.05, 0.1) is 14.2 Å². The molecule has 2 N–H and O–H groups in total. The SMILES string of the molecule is CNC(=O)c1ccc(NCC(C)(C)c2ccc(OC)c(OC)c2)nn1. The van der Waals surface area contributed by atoms with Gasteiger partial charge in [-0.1, -0.05) is 19.9 Å². The molecular weight excluding hydrogens is 320 g/mol. The van der Waals surface area contributed by atoms with Crippen LogP contribution in [0.1, 0.15) is 29.9 Å². The van der Waals surface area contributed by atoms with E-state index in [4.69, 9.17) is 9.47 Å². The van der Waals surface area contributed by atoms with Crippen molar-refractivity contribution in [3.63, 3.8) is 0 Å². The van der Waals surface area contributed by atoms with Crippen molar-refractivity contribution in [1.82, 2.24) is 15.5 Å². The molecule has 0 radical (unpaired) electrons. The Morgan fingerprint density at radius 2 is 1.80 bits per heavy atom. The molecule has 1 aromatic carbocycles. The number of hydrogen-bond acceptors (Lipinski definition) is 6. The summed E-state index contributed by atoms with van der Waals surface area (Å²) in [4.78, 5) is 11.5. The van der Waals surface area contributed by atoms with Crippen LogP contribution in [0.3, 0.4) is 0 Å². The summed E-state index contributed by atoms with van der Waals surface area (Å²) in [6, 6.07) is 9.26. The number of rotatable bonds is 7. The number of nitrogens with zero attached hydrogens (tertiary/aromatic N) is 2. The lowest BCUT2D eigenvalue weighted by Gasteiger charge is -2.26. The Labute approximate surface area is 147 Å². The minimum Gasteiger partial charge on any atom is -0.493 e. The van der Waals surface area contributed by atoms with Gasteiger partial charge in [0.25, 0.3) is 5.91 Å². The van der Waals surface area contributed by atoms with Crippen molar-refractivity contribution >= 4 is 11.7 Å². The predicted octanol–water partition coefficient (Wildman–Crippen LogP) is 2.24. The van der Waals surface area contributed by atoms with Crippen molar-refractivity contribution in [3.05, 3.63) is 41.6 Å². The monoisotopic (exact) mass is 344 g/mol. The highest BCUT2D eigenvalue weighted by atomic mass is 16.5. The maximum Gasteiger partial charge on any atom is 0.271 e. The zero-order chi connectivity index (χ0) is 18.4. The Balaban J connectivity index is 2.09. The van der Waals surface area contributed by atoms with Crippen LogP contribution in [0.5, 0.6) is 11.5 Å². The molecule has 134 valence electrons. The van der Waals surface area contributed by atoms with Crippen molar-refractivity contribution in [2.45, 2.75) is 19.3 Å². The summed E-state index contributed by atoms with van der Waals surface area (Å²) in [5.41, 5.74) is 1.21. The molecule has 1 heterocycles. The van der Waals surface area contributed by atoms with E-state index in [1.807, 2.05) is 18.2 Å². The second-order valence-electron chi connectivity index (χ2n) is 6.19. The van der Waals surface area contributed by atoms with Gasteiger partial charge in [-0.2, -0.15) is 0 Å². The van der Waals surface area contributed by atoms with Crippen molar-refractivity contribution in [2.24, 2.45) is 0 Å². The Bertz CT molecular complexity index is 730. The van der Waals surface area contributed by atoms with Crippen molar-refractivity contribution < 1.29 is 14.3 Å². The highest BCUT2D eigenvalue weighted by molar-refractivity contribution is 5.91. The van der Waals surface area contributed by atoms with E-state index in [2.05, 4.69) is 34.7 Å². The maximum absolute atomic E-state index is 11.5. The molecule has 0 saturated carbocycles. The summed E-state index contributed by atoms with van der Waals surface area (Å²) >= 11 is 0. The fourth-order valence-corrected chi connectivity index (χ4v) is 2.35. The van der Waals surface area contributed by atoms with Gasteiger partial charge in [0, 0.05) is 19.0 Å². The van der Waals surface area contributed by atoms with Crippen LogP contribution in [0, 0.1) is 0 Å². The molecule has 0 atom stereocenters. The summed E-state index contributed by atoms with van der Waals surface area (Å²) in [6.07, 6.45) is 0. The van der Waals surface area contributed by atoms with Gasteiger partial charge in [0.1, 0.15) is 5.82 Å². The van der Waals surface area contributed by atoms with Gasteiger partial charge in [-0.25, -0.2) is 0 Å². The molecule has 2 rings (SSSR count). The summed E-state index contributed by atoms with van der Waals surface area (Å²) in [6.45, 7) is 4.87. The normalized spacial score (nSPS) is 10.9. The Morgan fingerprint density at radius 3 is 2.36 bits per heavy atom. The van der Waals surface area contributed by atoms with Crippen molar-refractivity contribution in [3.8, 4) is 11.5 Å². The average Bonchev–Trinajstić information content (AvgIpc) is 2.65. The third-order valence-electron chi connectivity index (χ3n) is 4.00. The highest BCUT2D eigenvalue weighted by Gasteiger charge is 2.22. The van der Waals surface area contributed by atoms with Gasteiger partial charge in [-0.15, -0.1) is 10.2 Å². The Kier molecular flexibility index (Phi) is 5.80.